The van der Waals surface area contributed by atoms with Gasteiger partial charge in [-0.05, 0) is 24.6 Å². The molecule has 0 fully saturated rings. The molecule has 0 aliphatic heterocycles. The van der Waals surface area contributed by atoms with Gasteiger partial charge in [0.05, 0.1) is 14.8 Å². The number of benzene rings is 2. The van der Waals surface area contributed by atoms with E-state index in [4.69, 9.17) is 11.6 Å². The fourth-order valence-corrected chi connectivity index (χ4v) is 4.03. The molecule has 0 heterocycles. The minimum Gasteiger partial charge on any atom is -0.219 e. The summed E-state index contributed by atoms with van der Waals surface area (Å²) in [5.74, 6) is 0. The third kappa shape index (κ3) is 3.49. The van der Waals surface area contributed by atoms with Crippen molar-refractivity contribution in [3.8, 4) is 0 Å². The lowest BCUT2D eigenvalue weighted by Crippen LogP contribution is -2.06. The first-order valence-corrected chi connectivity index (χ1v) is 8.69. The molecule has 0 saturated heterocycles. The van der Waals surface area contributed by atoms with E-state index in [0.717, 1.165) is 5.56 Å². The molecule has 0 aliphatic rings. The molecule has 2 aromatic carbocycles. The molecule has 2 aromatic rings. The molecular formula is C18H17ClO2S. The molecule has 0 aromatic heterocycles. The first-order valence-electron chi connectivity index (χ1n) is 6.83. The van der Waals surface area contributed by atoms with E-state index >= 15 is 0 Å². The predicted molar refractivity (Wildman–Crippen MR) is 92.4 cm³/mol. The third-order valence-electron chi connectivity index (χ3n) is 3.26. The maximum atomic E-state index is 12.9. The van der Waals surface area contributed by atoms with Gasteiger partial charge < -0.3 is 0 Å². The second-order valence-corrected chi connectivity index (χ2v) is 7.26. The van der Waals surface area contributed by atoms with Crippen molar-refractivity contribution < 1.29 is 8.42 Å². The van der Waals surface area contributed by atoms with Crippen molar-refractivity contribution in [1.29, 1.82) is 0 Å². The average molecular weight is 333 g/mol. The number of hydrogen-bond donors (Lipinski definition) is 0. The van der Waals surface area contributed by atoms with Crippen molar-refractivity contribution in [2.24, 2.45) is 0 Å². The van der Waals surface area contributed by atoms with Crippen LogP contribution in [-0.2, 0) is 9.84 Å². The zero-order valence-corrected chi connectivity index (χ0v) is 13.9. The lowest BCUT2D eigenvalue weighted by atomic mass is 10.2. The highest BCUT2D eigenvalue weighted by atomic mass is 35.5. The maximum absolute atomic E-state index is 12.9. The predicted octanol–water partition coefficient (Wildman–Crippen LogP) is 4.95. The van der Waals surface area contributed by atoms with Gasteiger partial charge in [0.2, 0.25) is 9.84 Å². The van der Waals surface area contributed by atoms with Crippen LogP contribution >= 0.6 is 11.6 Å². The van der Waals surface area contributed by atoms with Crippen LogP contribution in [0.4, 0.5) is 0 Å². The van der Waals surface area contributed by atoms with E-state index in [9.17, 15) is 8.42 Å². The quantitative estimate of drug-likeness (QED) is 0.726. The largest absolute Gasteiger partial charge is 0.219 e. The molecule has 0 N–H and O–H groups in total. The molecule has 0 aliphatic carbocycles. The number of allylic oxidation sites excluding steroid dienone is 2. The van der Waals surface area contributed by atoms with Crippen LogP contribution in [0.15, 0.2) is 77.1 Å². The SMILES string of the molecule is C=CC/C(=C(\Cl)c1ccccc1)S(=O)(=O)c1ccc(C)cc1. The molecule has 4 heteroatoms. The van der Waals surface area contributed by atoms with Gasteiger partial charge in [-0.2, -0.15) is 0 Å². The van der Waals surface area contributed by atoms with Gasteiger partial charge in [-0.1, -0.05) is 65.7 Å². The highest BCUT2D eigenvalue weighted by Gasteiger charge is 2.23. The number of hydrogen-bond acceptors (Lipinski definition) is 2. The second-order valence-electron chi connectivity index (χ2n) is 4.91. The molecular weight excluding hydrogens is 316 g/mol. The van der Waals surface area contributed by atoms with Crippen molar-refractivity contribution in [2.45, 2.75) is 18.2 Å². The smallest absolute Gasteiger partial charge is 0.204 e. The molecule has 0 saturated carbocycles. The van der Waals surface area contributed by atoms with Crippen molar-refractivity contribution in [2.75, 3.05) is 0 Å². The molecule has 2 rings (SSSR count). The second kappa shape index (κ2) is 6.95. The number of aryl methyl sites for hydroxylation is 1. The summed E-state index contributed by atoms with van der Waals surface area (Å²) >= 11 is 6.37. The van der Waals surface area contributed by atoms with Crippen LogP contribution in [0, 0.1) is 6.92 Å². The van der Waals surface area contributed by atoms with Gasteiger partial charge in [-0.15, -0.1) is 6.58 Å². The first kappa shape index (κ1) is 16.5. The number of halogens is 1. The summed E-state index contributed by atoms with van der Waals surface area (Å²) in [7, 11) is -3.65. The summed E-state index contributed by atoms with van der Waals surface area (Å²) in [6.45, 7) is 5.55. The Morgan fingerprint density at radius 1 is 1.09 bits per heavy atom. The van der Waals surface area contributed by atoms with Crippen LogP contribution in [0.1, 0.15) is 17.5 Å². The van der Waals surface area contributed by atoms with Crippen molar-refractivity contribution >= 4 is 26.5 Å². The van der Waals surface area contributed by atoms with E-state index < -0.39 is 9.84 Å². The normalized spacial score (nSPS) is 12.6. The highest BCUT2D eigenvalue weighted by molar-refractivity contribution is 7.95. The maximum Gasteiger partial charge on any atom is 0.204 e. The summed E-state index contributed by atoms with van der Waals surface area (Å²) in [5, 5.41) is 0.237. The molecule has 114 valence electrons. The van der Waals surface area contributed by atoms with Gasteiger partial charge in [0.15, 0.2) is 0 Å². The minimum atomic E-state index is -3.65. The van der Waals surface area contributed by atoms with Gasteiger partial charge in [0.1, 0.15) is 0 Å². The summed E-state index contributed by atoms with van der Waals surface area (Å²) in [6, 6.07) is 15.8. The standard InChI is InChI=1S/C18H17ClO2S/c1-3-7-17(18(19)15-8-5-4-6-9-15)22(20,21)16-12-10-14(2)11-13-16/h3-6,8-13H,1,7H2,2H3/b18-17+. The van der Waals surface area contributed by atoms with E-state index in [-0.39, 0.29) is 21.3 Å². The molecule has 0 radical (unpaired) electrons. The summed E-state index contributed by atoms with van der Waals surface area (Å²) in [5.41, 5.74) is 1.68. The third-order valence-corrected chi connectivity index (χ3v) is 5.73. The molecule has 2 nitrogen and oxygen atoms in total. The van der Waals surface area contributed by atoms with Crippen LogP contribution < -0.4 is 0 Å². The average Bonchev–Trinajstić information content (AvgIpc) is 2.53. The number of rotatable bonds is 5. The van der Waals surface area contributed by atoms with Gasteiger partial charge in [0.25, 0.3) is 0 Å². The Labute approximate surface area is 136 Å². The van der Waals surface area contributed by atoms with Crippen molar-refractivity contribution in [1.82, 2.24) is 0 Å². The Bertz CT molecular complexity index is 789. The van der Waals surface area contributed by atoms with Crippen LogP contribution in [0.25, 0.3) is 5.03 Å². The Morgan fingerprint density at radius 3 is 2.23 bits per heavy atom. The molecule has 0 spiro atoms. The van der Waals surface area contributed by atoms with Crippen LogP contribution in [0.3, 0.4) is 0 Å². The Balaban J connectivity index is 2.60. The fraction of sp³-hybridized carbons (Fsp3) is 0.111. The summed E-state index contributed by atoms with van der Waals surface area (Å²) < 4.78 is 25.7. The zero-order valence-electron chi connectivity index (χ0n) is 12.3. The van der Waals surface area contributed by atoms with E-state index in [1.165, 1.54) is 0 Å². The lowest BCUT2D eigenvalue weighted by molar-refractivity contribution is 0.601. The fourth-order valence-electron chi connectivity index (χ4n) is 2.05. The Morgan fingerprint density at radius 2 is 1.68 bits per heavy atom. The van der Waals surface area contributed by atoms with Gasteiger partial charge in [-0.3, -0.25) is 0 Å². The Hall–Kier alpha value is -1.84. The van der Waals surface area contributed by atoms with Crippen LogP contribution in [0.5, 0.6) is 0 Å². The topological polar surface area (TPSA) is 34.1 Å². The van der Waals surface area contributed by atoms with E-state index in [1.807, 2.05) is 25.1 Å². The minimum absolute atomic E-state index is 0.166. The molecule has 0 bridgehead atoms. The molecule has 0 amide bonds. The summed E-state index contributed by atoms with van der Waals surface area (Å²) in [4.78, 5) is 0.406. The van der Waals surface area contributed by atoms with Gasteiger partial charge in [-0.25, -0.2) is 8.42 Å². The molecule has 0 atom stereocenters. The van der Waals surface area contributed by atoms with Gasteiger partial charge in [0, 0.05) is 6.42 Å². The van der Waals surface area contributed by atoms with Crippen LogP contribution in [-0.4, -0.2) is 8.42 Å². The number of sulfone groups is 1. The monoisotopic (exact) mass is 332 g/mol. The van der Waals surface area contributed by atoms with E-state index in [0.29, 0.717) is 5.56 Å². The van der Waals surface area contributed by atoms with Crippen molar-refractivity contribution in [3.63, 3.8) is 0 Å². The van der Waals surface area contributed by atoms with Crippen LogP contribution in [0.2, 0.25) is 0 Å². The first-order chi connectivity index (χ1) is 10.5. The van der Waals surface area contributed by atoms with Crippen molar-refractivity contribution in [3.05, 3.63) is 83.3 Å². The molecule has 22 heavy (non-hydrogen) atoms. The zero-order chi connectivity index (χ0) is 16.2. The van der Waals surface area contributed by atoms with Gasteiger partial charge >= 0.3 is 0 Å². The Kier molecular flexibility index (Phi) is 5.22. The van der Waals surface area contributed by atoms with E-state index in [2.05, 4.69) is 6.58 Å². The lowest BCUT2D eigenvalue weighted by Gasteiger charge is -2.11. The summed E-state index contributed by atoms with van der Waals surface area (Å²) in [6.07, 6.45) is 1.73. The molecule has 0 unspecified atom stereocenters. The van der Waals surface area contributed by atoms with E-state index in [1.54, 1.807) is 42.5 Å². The highest BCUT2D eigenvalue weighted by Crippen LogP contribution is 2.32.